The standard InChI is InChI=1S/C18H20O4S/c1-2-3-14-23(21,22)18(20,16-12-8-5-9-13-16)17(19)15-10-6-4-7-11-15/h4-13,20H,2-3,14H2,1H3. The number of benzene rings is 2. The summed E-state index contributed by atoms with van der Waals surface area (Å²) in [5.41, 5.74) is 0.240. The zero-order chi connectivity index (χ0) is 16.9. The molecule has 122 valence electrons. The van der Waals surface area contributed by atoms with Gasteiger partial charge in [-0.2, -0.15) is 0 Å². The van der Waals surface area contributed by atoms with Gasteiger partial charge in [-0.1, -0.05) is 74.0 Å². The Bertz CT molecular complexity index is 754. The van der Waals surface area contributed by atoms with E-state index in [2.05, 4.69) is 0 Å². The molecule has 4 nitrogen and oxygen atoms in total. The lowest BCUT2D eigenvalue weighted by atomic mass is 9.99. The van der Waals surface area contributed by atoms with Crippen LogP contribution < -0.4 is 0 Å². The van der Waals surface area contributed by atoms with Crippen molar-refractivity contribution in [1.82, 2.24) is 0 Å². The average Bonchev–Trinajstić information content (AvgIpc) is 2.60. The van der Waals surface area contributed by atoms with E-state index < -0.39 is 20.6 Å². The van der Waals surface area contributed by atoms with Crippen LogP contribution in [0.1, 0.15) is 35.7 Å². The highest BCUT2D eigenvalue weighted by molar-refractivity contribution is 7.93. The Morgan fingerprint density at radius 1 is 1.00 bits per heavy atom. The Labute approximate surface area is 136 Å². The van der Waals surface area contributed by atoms with Crippen LogP contribution in [0.2, 0.25) is 0 Å². The summed E-state index contributed by atoms with van der Waals surface area (Å²) in [5, 5.41) is 11.0. The smallest absolute Gasteiger partial charge is 0.255 e. The van der Waals surface area contributed by atoms with Crippen molar-refractivity contribution >= 4 is 15.6 Å². The Kier molecular flexibility index (Phi) is 5.34. The molecule has 2 aromatic carbocycles. The number of unbranched alkanes of at least 4 members (excludes halogenated alkanes) is 1. The van der Waals surface area contributed by atoms with Crippen LogP contribution >= 0.6 is 0 Å². The van der Waals surface area contributed by atoms with Crippen LogP contribution in [0.25, 0.3) is 0 Å². The molecule has 0 aliphatic heterocycles. The molecule has 1 atom stereocenters. The second-order valence-electron chi connectivity index (χ2n) is 5.38. The van der Waals surface area contributed by atoms with Gasteiger partial charge in [-0.25, -0.2) is 8.42 Å². The van der Waals surface area contributed by atoms with Crippen molar-refractivity contribution < 1.29 is 18.3 Å². The number of ketones is 1. The van der Waals surface area contributed by atoms with Gasteiger partial charge >= 0.3 is 0 Å². The number of rotatable bonds is 7. The van der Waals surface area contributed by atoms with Gasteiger partial charge in [-0.3, -0.25) is 4.79 Å². The van der Waals surface area contributed by atoms with Gasteiger partial charge in [0.15, 0.2) is 9.84 Å². The van der Waals surface area contributed by atoms with Crippen LogP contribution in [0.4, 0.5) is 0 Å². The van der Waals surface area contributed by atoms with E-state index in [1.54, 1.807) is 36.4 Å². The second-order valence-corrected chi connectivity index (χ2v) is 7.61. The van der Waals surface area contributed by atoms with Crippen molar-refractivity contribution in [2.45, 2.75) is 24.7 Å². The lowest BCUT2D eigenvalue weighted by molar-refractivity contribution is 0.0629. The zero-order valence-electron chi connectivity index (χ0n) is 13.0. The molecule has 0 fully saturated rings. The van der Waals surface area contributed by atoms with Gasteiger partial charge in [-0.05, 0) is 6.42 Å². The minimum absolute atomic E-state index is 0.0740. The van der Waals surface area contributed by atoms with Crippen molar-refractivity contribution in [3.8, 4) is 0 Å². The predicted molar refractivity (Wildman–Crippen MR) is 89.8 cm³/mol. The molecule has 0 spiro atoms. The van der Waals surface area contributed by atoms with E-state index in [1.165, 1.54) is 24.3 Å². The van der Waals surface area contributed by atoms with Crippen LogP contribution in [-0.2, 0) is 14.8 Å². The lowest BCUT2D eigenvalue weighted by Gasteiger charge is -2.27. The molecule has 2 aromatic rings. The van der Waals surface area contributed by atoms with Gasteiger partial charge in [0.2, 0.25) is 5.78 Å². The van der Waals surface area contributed by atoms with Crippen LogP contribution in [0.5, 0.6) is 0 Å². The number of hydrogen-bond acceptors (Lipinski definition) is 4. The van der Waals surface area contributed by atoms with Gasteiger partial charge in [0.1, 0.15) is 0 Å². The summed E-state index contributed by atoms with van der Waals surface area (Å²) in [5.74, 6) is -1.06. The van der Waals surface area contributed by atoms with Crippen LogP contribution in [0.15, 0.2) is 60.7 Å². The molecule has 0 bridgehead atoms. The van der Waals surface area contributed by atoms with Crippen molar-refractivity contribution in [2.24, 2.45) is 0 Å². The predicted octanol–water partition coefficient (Wildman–Crippen LogP) is 2.93. The van der Waals surface area contributed by atoms with E-state index >= 15 is 0 Å². The SMILES string of the molecule is CCCCS(=O)(=O)C(O)(C(=O)c1ccccc1)c1ccccc1. The second kappa shape index (κ2) is 7.06. The summed E-state index contributed by atoms with van der Waals surface area (Å²) in [6.07, 6.45) is 1.04. The molecule has 1 N–H and O–H groups in total. The monoisotopic (exact) mass is 332 g/mol. The maximum Gasteiger partial charge on any atom is 0.255 e. The molecule has 0 aromatic heterocycles. The molecule has 0 aliphatic carbocycles. The van der Waals surface area contributed by atoms with E-state index in [-0.39, 0.29) is 16.9 Å². The van der Waals surface area contributed by atoms with E-state index in [0.29, 0.717) is 12.8 Å². The zero-order valence-corrected chi connectivity index (χ0v) is 13.8. The fourth-order valence-corrected chi connectivity index (χ4v) is 4.24. The van der Waals surface area contributed by atoms with Crippen LogP contribution in [-0.4, -0.2) is 25.1 Å². The number of carbonyl (C=O) groups is 1. The summed E-state index contributed by atoms with van der Waals surface area (Å²) >= 11 is 0. The first-order valence-electron chi connectivity index (χ1n) is 7.53. The fourth-order valence-electron chi connectivity index (χ4n) is 2.38. The van der Waals surface area contributed by atoms with Gasteiger partial charge in [-0.15, -0.1) is 0 Å². The number of hydrogen-bond donors (Lipinski definition) is 1. The number of aliphatic hydroxyl groups is 1. The summed E-state index contributed by atoms with van der Waals surface area (Å²) in [6, 6.07) is 15.8. The van der Waals surface area contributed by atoms with Gasteiger partial charge in [0, 0.05) is 11.1 Å². The summed E-state index contributed by atoms with van der Waals surface area (Å²) in [4.78, 5) is 10.3. The number of sulfone groups is 1. The molecule has 1 unspecified atom stereocenters. The number of carbonyl (C=O) groups excluding carboxylic acids is 1. The highest BCUT2D eigenvalue weighted by Crippen LogP contribution is 2.33. The minimum Gasteiger partial charge on any atom is -0.365 e. The lowest BCUT2D eigenvalue weighted by Crippen LogP contribution is -2.45. The third-order valence-electron chi connectivity index (χ3n) is 3.73. The maximum atomic E-state index is 12.8. The Morgan fingerprint density at radius 3 is 2.04 bits per heavy atom. The van der Waals surface area contributed by atoms with Crippen molar-refractivity contribution in [1.29, 1.82) is 0 Å². The summed E-state index contributed by atoms with van der Waals surface area (Å²) in [7, 11) is -4.08. The molecule has 23 heavy (non-hydrogen) atoms. The molecular formula is C18H20O4S. The molecule has 0 radical (unpaired) electrons. The third kappa shape index (κ3) is 3.35. The summed E-state index contributed by atoms with van der Waals surface area (Å²) in [6.45, 7) is 1.86. The van der Waals surface area contributed by atoms with Crippen molar-refractivity contribution in [2.75, 3.05) is 5.75 Å². The molecule has 0 aliphatic rings. The molecule has 0 amide bonds. The third-order valence-corrected chi connectivity index (χ3v) is 5.87. The largest absolute Gasteiger partial charge is 0.365 e. The molecular weight excluding hydrogens is 312 g/mol. The highest BCUT2D eigenvalue weighted by Gasteiger charge is 2.50. The van der Waals surface area contributed by atoms with E-state index in [4.69, 9.17) is 0 Å². The first-order chi connectivity index (χ1) is 10.9. The molecule has 5 heteroatoms. The fraction of sp³-hybridized carbons (Fsp3) is 0.278. The van der Waals surface area contributed by atoms with Crippen molar-refractivity contribution in [3.63, 3.8) is 0 Å². The Balaban J connectivity index is 2.59. The van der Waals surface area contributed by atoms with Gasteiger partial charge < -0.3 is 5.11 Å². The number of Topliss-reactive ketones (excluding diaryl/α,β-unsaturated/α-hetero) is 1. The first kappa shape index (κ1) is 17.4. The quantitative estimate of drug-likeness (QED) is 0.791. The van der Waals surface area contributed by atoms with Crippen LogP contribution in [0.3, 0.4) is 0 Å². The highest BCUT2D eigenvalue weighted by atomic mass is 32.2. The average molecular weight is 332 g/mol. The molecule has 2 rings (SSSR count). The Morgan fingerprint density at radius 2 is 1.52 bits per heavy atom. The van der Waals surface area contributed by atoms with Crippen molar-refractivity contribution in [3.05, 3.63) is 71.8 Å². The molecule has 0 saturated carbocycles. The van der Waals surface area contributed by atoms with E-state index in [9.17, 15) is 18.3 Å². The van der Waals surface area contributed by atoms with E-state index in [1.807, 2.05) is 6.92 Å². The van der Waals surface area contributed by atoms with Gasteiger partial charge in [0.05, 0.1) is 5.75 Å². The van der Waals surface area contributed by atoms with E-state index in [0.717, 1.165) is 0 Å². The maximum absolute atomic E-state index is 12.8. The Hall–Kier alpha value is -1.98. The molecule has 0 saturated heterocycles. The van der Waals surface area contributed by atoms with Gasteiger partial charge in [0.25, 0.3) is 4.93 Å². The normalized spacial score (nSPS) is 14.2. The topological polar surface area (TPSA) is 71.4 Å². The van der Waals surface area contributed by atoms with Crippen LogP contribution in [0, 0.1) is 0 Å². The molecule has 0 heterocycles. The minimum atomic E-state index is -4.08. The summed E-state index contributed by atoms with van der Waals surface area (Å²) < 4.78 is 25.5. The first-order valence-corrected chi connectivity index (χ1v) is 9.18.